The highest BCUT2D eigenvalue weighted by atomic mass is 16.1. The monoisotopic (exact) mass is 220 g/mol. The molecule has 0 heterocycles. The molecule has 1 aromatic carbocycles. The zero-order chi connectivity index (χ0) is 12.1. The van der Waals surface area contributed by atoms with Gasteiger partial charge in [-0.3, -0.25) is 4.79 Å². The van der Waals surface area contributed by atoms with Crippen LogP contribution in [-0.4, -0.2) is 12.5 Å². The van der Waals surface area contributed by atoms with Gasteiger partial charge in [-0.05, 0) is 25.0 Å². The average Bonchev–Trinajstić information content (AvgIpc) is 2.28. The molecule has 0 aliphatic carbocycles. The van der Waals surface area contributed by atoms with Crippen LogP contribution in [0.5, 0.6) is 0 Å². The number of benzene rings is 1. The van der Waals surface area contributed by atoms with Gasteiger partial charge in [-0.25, -0.2) is 0 Å². The molecular formula is C13H20N2O. The minimum absolute atomic E-state index is 0.0123. The summed E-state index contributed by atoms with van der Waals surface area (Å²) in [6.45, 7) is 6.25. The summed E-state index contributed by atoms with van der Waals surface area (Å²) in [7, 11) is 0. The van der Waals surface area contributed by atoms with Gasteiger partial charge in [0.1, 0.15) is 0 Å². The Kier molecular flexibility index (Phi) is 4.50. The lowest BCUT2D eigenvalue weighted by atomic mass is 10.0. The molecule has 0 saturated carbocycles. The predicted octanol–water partition coefficient (Wildman–Crippen LogP) is 1.77. The molecule has 0 aliphatic heterocycles. The molecule has 0 unspecified atom stereocenters. The molecule has 16 heavy (non-hydrogen) atoms. The van der Waals surface area contributed by atoms with Crippen molar-refractivity contribution in [2.75, 3.05) is 6.54 Å². The van der Waals surface area contributed by atoms with Gasteiger partial charge in [-0.15, -0.1) is 0 Å². The SMILES string of the molecule is Cc1ccccc1[C@@H](C)NC(=O)[C@@H](C)CN. The second-order valence-corrected chi connectivity index (χ2v) is 4.22. The Hall–Kier alpha value is -1.35. The molecule has 0 bridgehead atoms. The van der Waals surface area contributed by atoms with Gasteiger partial charge in [0.25, 0.3) is 0 Å². The van der Waals surface area contributed by atoms with E-state index in [4.69, 9.17) is 5.73 Å². The van der Waals surface area contributed by atoms with Crippen LogP contribution in [0.25, 0.3) is 0 Å². The Morgan fingerprint density at radius 1 is 1.38 bits per heavy atom. The fraction of sp³-hybridized carbons (Fsp3) is 0.462. The summed E-state index contributed by atoms with van der Waals surface area (Å²) < 4.78 is 0. The lowest BCUT2D eigenvalue weighted by Crippen LogP contribution is -2.35. The number of nitrogens with one attached hydrogen (secondary N) is 1. The molecule has 0 fully saturated rings. The number of nitrogens with two attached hydrogens (primary N) is 1. The molecular weight excluding hydrogens is 200 g/mol. The third-order valence-electron chi connectivity index (χ3n) is 2.81. The van der Waals surface area contributed by atoms with E-state index in [1.54, 1.807) is 0 Å². The molecule has 2 atom stereocenters. The average molecular weight is 220 g/mol. The number of carbonyl (C=O) groups is 1. The van der Waals surface area contributed by atoms with Crippen molar-refractivity contribution in [2.24, 2.45) is 11.7 Å². The first kappa shape index (κ1) is 12.7. The van der Waals surface area contributed by atoms with Crippen LogP contribution in [0.3, 0.4) is 0 Å². The molecule has 0 spiro atoms. The van der Waals surface area contributed by atoms with Gasteiger partial charge in [0, 0.05) is 12.5 Å². The molecule has 88 valence electrons. The largest absolute Gasteiger partial charge is 0.349 e. The van der Waals surface area contributed by atoms with Crippen LogP contribution in [0.4, 0.5) is 0 Å². The van der Waals surface area contributed by atoms with Crippen LogP contribution in [0.2, 0.25) is 0 Å². The maximum Gasteiger partial charge on any atom is 0.224 e. The van der Waals surface area contributed by atoms with Crippen LogP contribution >= 0.6 is 0 Å². The van der Waals surface area contributed by atoms with Gasteiger partial charge in [-0.2, -0.15) is 0 Å². The molecule has 0 saturated heterocycles. The fourth-order valence-corrected chi connectivity index (χ4v) is 1.61. The number of amides is 1. The van der Waals surface area contributed by atoms with Crippen molar-refractivity contribution < 1.29 is 4.79 Å². The maximum atomic E-state index is 11.7. The van der Waals surface area contributed by atoms with Crippen molar-refractivity contribution in [3.63, 3.8) is 0 Å². The van der Waals surface area contributed by atoms with Crippen molar-refractivity contribution in [2.45, 2.75) is 26.8 Å². The summed E-state index contributed by atoms with van der Waals surface area (Å²) >= 11 is 0. The van der Waals surface area contributed by atoms with Crippen molar-refractivity contribution in [3.05, 3.63) is 35.4 Å². The number of carbonyl (C=O) groups excluding carboxylic acids is 1. The Morgan fingerprint density at radius 2 is 2.00 bits per heavy atom. The van der Waals surface area contributed by atoms with Gasteiger partial charge in [0.05, 0.1) is 6.04 Å². The van der Waals surface area contributed by atoms with Crippen LogP contribution in [0.1, 0.15) is 31.0 Å². The van der Waals surface area contributed by atoms with Gasteiger partial charge in [-0.1, -0.05) is 31.2 Å². The van der Waals surface area contributed by atoms with Crippen LogP contribution in [0.15, 0.2) is 24.3 Å². The molecule has 3 heteroatoms. The molecule has 1 rings (SSSR count). The van der Waals surface area contributed by atoms with Gasteiger partial charge in [0.2, 0.25) is 5.91 Å². The van der Waals surface area contributed by atoms with E-state index in [9.17, 15) is 4.79 Å². The van der Waals surface area contributed by atoms with Crippen LogP contribution in [-0.2, 0) is 4.79 Å². The second-order valence-electron chi connectivity index (χ2n) is 4.22. The van der Waals surface area contributed by atoms with Crippen molar-refractivity contribution >= 4 is 5.91 Å². The third-order valence-corrected chi connectivity index (χ3v) is 2.81. The first-order chi connectivity index (χ1) is 7.56. The van der Waals surface area contributed by atoms with Crippen molar-refractivity contribution in [1.82, 2.24) is 5.32 Å². The molecule has 0 aromatic heterocycles. The highest BCUT2D eigenvalue weighted by Gasteiger charge is 2.15. The summed E-state index contributed by atoms with van der Waals surface area (Å²) in [5, 5.41) is 2.97. The zero-order valence-electron chi connectivity index (χ0n) is 10.2. The number of hydrogen-bond acceptors (Lipinski definition) is 2. The number of hydrogen-bond donors (Lipinski definition) is 2. The van der Waals surface area contributed by atoms with Gasteiger partial charge in [0.15, 0.2) is 0 Å². The van der Waals surface area contributed by atoms with E-state index < -0.39 is 0 Å². The topological polar surface area (TPSA) is 55.1 Å². The van der Waals surface area contributed by atoms with Gasteiger partial charge < -0.3 is 11.1 Å². The smallest absolute Gasteiger partial charge is 0.224 e. The first-order valence-electron chi connectivity index (χ1n) is 5.62. The molecule has 3 N–H and O–H groups in total. The number of aryl methyl sites for hydroxylation is 1. The van der Waals surface area contributed by atoms with E-state index in [-0.39, 0.29) is 17.9 Å². The standard InChI is InChI=1S/C13H20N2O/c1-9-6-4-5-7-12(9)11(3)15-13(16)10(2)8-14/h4-7,10-11H,8,14H2,1-3H3,(H,15,16)/t10-,11+/m0/s1. The lowest BCUT2D eigenvalue weighted by Gasteiger charge is -2.18. The summed E-state index contributed by atoms with van der Waals surface area (Å²) in [4.78, 5) is 11.7. The second kappa shape index (κ2) is 5.66. The fourth-order valence-electron chi connectivity index (χ4n) is 1.61. The molecule has 1 amide bonds. The summed E-state index contributed by atoms with van der Waals surface area (Å²) in [6, 6.07) is 8.09. The molecule has 0 radical (unpaired) electrons. The zero-order valence-corrected chi connectivity index (χ0v) is 10.2. The minimum atomic E-state index is -0.133. The van der Waals surface area contributed by atoms with E-state index in [0.29, 0.717) is 6.54 Å². The van der Waals surface area contributed by atoms with Crippen LogP contribution < -0.4 is 11.1 Å². The molecule has 0 aliphatic rings. The summed E-state index contributed by atoms with van der Waals surface area (Å²) in [5.74, 6) is -0.121. The Bertz CT molecular complexity index is 363. The highest BCUT2D eigenvalue weighted by molar-refractivity contribution is 5.78. The minimum Gasteiger partial charge on any atom is -0.349 e. The third kappa shape index (κ3) is 3.07. The Balaban J connectivity index is 2.69. The van der Waals surface area contributed by atoms with E-state index in [0.717, 1.165) is 5.56 Å². The maximum absolute atomic E-state index is 11.7. The Labute approximate surface area is 97.0 Å². The van der Waals surface area contributed by atoms with E-state index in [1.807, 2.05) is 45.0 Å². The van der Waals surface area contributed by atoms with E-state index in [2.05, 4.69) is 5.32 Å². The molecule has 1 aromatic rings. The Morgan fingerprint density at radius 3 is 2.56 bits per heavy atom. The van der Waals surface area contributed by atoms with Crippen molar-refractivity contribution in [3.8, 4) is 0 Å². The number of rotatable bonds is 4. The van der Waals surface area contributed by atoms with Gasteiger partial charge >= 0.3 is 0 Å². The first-order valence-corrected chi connectivity index (χ1v) is 5.62. The van der Waals surface area contributed by atoms with E-state index in [1.165, 1.54) is 5.56 Å². The normalized spacial score (nSPS) is 14.2. The van der Waals surface area contributed by atoms with E-state index >= 15 is 0 Å². The summed E-state index contributed by atoms with van der Waals surface area (Å²) in [5.41, 5.74) is 7.80. The lowest BCUT2D eigenvalue weighted by molar-refractivity contribution is -0.124. The van der Waals surface area contributed by atoms with Crippen molar-refractivity contribution in [1.29, 1.82) is 0 Å². The predicted molar refractivity (Wildman–Crippen MR) is 66.0 cm³/mol. The van der Waals surface area contributed by atoms with Crippen LogP contribution in [0, 0.1) is 12.8 Å². The molecule has 3 nitrogen and oxygen atoms in total. The highest BCUT2D eigenvalue weighted by Crippen LogP contribution is 2.16. The summed E-state index contributed by atoms with van der Waals surface area (Å²) in [6.07, 6.45) is 0. The quantitative estimate of drug-likeness (QED) is 0.812.